The molecule has 0 aliphatic heterocycles. The summed E-state index contributed by atoms with van der Waals surface area (Å²) in [5.74, 6) is 0. The second-order valence-corrected chi connectivity index (χ2v) is 20.5. The first-order valence-electron chi connectivity index (χ1n) is 16.2. The predicted molar refractivity (Wildman–Crippen MR) is 208 cm³/mol. The van der Waals surface area contributed by atoms with E-state index in [2.05, 4.69) is 121 Å². The maximum Gasteiger partial charge on any atom is -0.147 e. The summed E-state index contributed by atoms with van der Waals surface area (Å²) in [5.41, 5.74) is 18.7. The third-order valence-electron chi connectivity index (χ3n) is 10.3. The number of fused-ring (bicyclic) bond motifs is 6. The van der Waals surface area contributed by atoms with Crippen molar-refractivity contribution in [3.05, 3.63) is 155 Å². The van der Waals surface area contributed by atoms with E-state index in [0.29, 0.717) is 7.25 Å². The minimum atomic E-state index is -0.788. The topological polar surface area (TPSA) is 0 Å². The minimum Gasteiger partial charge on any atom is -0.147 e. The van der Waals surface area contributed by atoms with Crippen LogP contribution in [0.3, 0.4) is 0 Å². The fraction of sp³-hybridized carbons (Fsp3) is 0.190. The molecule has 0 saturated heterocycles. The van der Waals surface area contributed by atoms with Crippen molar-refractivity contribution in [3.63, 3.8) is 0 Å². The molecule has 0 spiro atoms. The molecule has 5 aliphatic carbocycles. The Hall–Kier alpha value is -1.49. The van der Waals surface area contributed by atoms with Crippen molar-refractivity contribution in [2.24, 2.45) is 0 Å². The van der Waals surface area contributed by atoms with Crippen molar-refractivity contribution < 1.29 is 45.5 Å². The molecule has 2 atom stereocenters. The molecule has 0 nitrogen and oxygen atoms in total. The summed E-state index contributed by atoms with van der Waals surface area (Å²) in [7, 11) is 0. The number of hydrogen-bond acceptors (Lipinski definition) is 0. The van der Waals surface area contributed by atoms with Gasteiger partial charge < -0.3 is 0 Å². The first-order chi connectivity index (χ1) is 21.8. The Morgan fingerprint density at radius 3 is 1.19 bits per heavy atom. The van der Waals surface area contributed by atoms with Crippen LogP contribution in [-0.4, -0.2) is 6.41 Å². The van der Waals surface area contributed by atoms with E-state index < -0.39 is 45.5 Å². The van der Waals surface area contributed by atoms with E-state index in [-0.39, 0.29) is 49.6 Å². The summed E-state index contributed by atoms with van der Waals surface area (Å²) in [4.78, 5) is 0. The first kappa shape index (κ1) is 37.8. The van der Waals surface area contributed by atoms with Crippen molar-refractivity contribution in [2.45, 2.75) is 45.8 Å². The minimum absolute atomic E-state index is 0. The fourth-order valence-electron chi connectivity index (χ4n) is 8.23. The molecule has 48 heavy (non-hydrogen) atoms. The summed E-state index contributed by atoms with van der Waals surface area (Å²) in [6, 6.07) is 32.9. The molecule has 0 N–H and O–H groups in total. The number of rotatable bonds is 4. The Labute approximate surface area is 332 Å². The predicted octanol–water partition coefficient (Wildman–Crippen LogP) is 12.0. The molecule has 0 aromatic heterocycles. The van der Waals surface area contributed by atoms with Gasteiger partial charge in [-0.3, -0.25) is 0 Å². The van der Waals surface area contributed by atoms with E-state index in [4.69, 9.17) is 0 Å². The fourth-order valence-corrected chi connectivity index (χ4v) is 17.1. The standard InChI is InChI=1S/2C18H13.C6H8.4ClH.2Zr/c2*1-2-7-13(6-1)15-10-5-11-17-16-9-4-3-8-14(16)12-18(15)17;1-2-4-6-5-3-1;;;;;;/h2*1-6,8-12H,7H2;1-2,5-6H2;4*1H;;. The molecule has 0 heterocycles. The average Bonchev–Trinajstić information content (AvgIpc) is 3.90. The van der Waals surface area contributed by atoms with Crippen molar-refractivity contribution in [1.82, 2.24) is 0 Å². The van der Waals surface area contributed by atoms with Crippen LogP contribution in [0.2, 0.25) is 0 Å². The molecule has 0 bridgehead atoms. The molecule has 1 saturated carbocycles. The molecule has 0 radical (unpaired) electrons. The van der Waals surface area contributed by atoms with Crippen LogP contribution in [0.5, 0.6) is 0 Å². The van der Waals surface area contributed by atoms with Gasteiger partial charge in [0, 0.05) is 0 Å². The number of allylic oxidation sites excluding steroid dienone is 8. The van der Waals surface area contributed by atoms with Crippen molar-refractivity contribution in [2.75, 3.05) is 0 Å². The van der Waals surface area contributed by atoms with Gasteiger partial charge in [-0.15, -0.1) is 49.6 Å². The van der Waals surface area contributed by atoms with Crippen LogP contribution in [-0.2, 0) is 45.5 Å². The summed E-state index contributed by atoms with van der Waals surface area (Å²) in [6.07, 6.45) is 21.4. The Morgan fingerprint density at radius 2 is 0.792 bits per heavy atom. The van der Waals surface area contributed by atoms with Crippen LogP contribution in [0, 0.1) is 0 Å². The zero-order chi connectivity index (χ0) is 29.0. The third kappa shape index (κ3) is 6.66. The van der Waals surface area contributed by atoms with Crippen molar-refractivity contribution in [3.8, 4) is 22.3 Å². The van der Waals surface area contributed by atoms with E-state index in [0.717, 1.165) is 12.8 Å². The molecule has 5 aliphatic rings. The number of halogens is 4. The number of hydrogen-bond donors (Lipinski definition) is 0. The van der Waals surface area contributed by atoms with E-state index in [1.807, 2.05) is 6.41 Å². The van der Waals surface area contributed by atoms with Gasteiger partial charge in [-0.1, -0.05) is 0 Å². The Morgan fingerprint density at radius 1 is 0.417 bits per heavy atom. The van der Waals surface area contributed by atoms with Crippen LogP contribution in [0.25, 0.3) is 33.4 Å². The molecule has 9 rings (SSSR count). The van der Waals surface area contributed by atoms with Gasteiger partial charge >= 0.3 is 286 Å². The number of benzene rings is 4. The van der Waals surface area contributed by atoms with Crippen LogP contribution >= 0.6 is 49.6 Å². The summed E-state index contributed by atoms with van der Waals surface area (Å²) < 4.78 is 5.24. The zero-order valence-corrected chi connectivity index (χ0v) is 34.8. The van der Waals surface area contributed by atoms with Gasteiger partial charge in [0.25, 0.3) is 0 Å². The van der Waals surface area contributed by atoms with Gasteiger partial charge in [-0.25, -0.2) is 0 Å². The van der Waals surface area contributed by atoms with Gasteiger partial charge in [0.15, 0.2) is 0 Å². The average molecular weight is 867 g/mol. The van der Waals surface area contributed by atoms with E-state index in [1.54, 1.807) is 22.3 Å². The Balaban J connectivity index is 0.00000113. The first-order valence-corrected chi connectivity index (χ1v) is 21.5. The van der Waals surface area contributed by atoms with Crippen LogP contribution in [0.15, 0.2) is 121 Å². The molecule has 4 aromatic rings. The maximum absolute atomic E-state index is 2.45. The smallest absolute Gasteiger partial charge is 0.147 e. The molecular formula is C42H38Cl4Zr2. The zero-order valence-electron chi connectivity index (χ0n) is 26.6. The second kappa shape index (κ2) is 16.2. The summed E-state index contributed by atoms with van der Waals surface area (Å²) in [6.45, 7) is 0. The van der Waals surface area contributed by atoms with E-state index in [9.17, 15) is 0 Å². The van der Waals surface area contributed by atoms with Gasteiger partial charge in [-0.2, -0.15) is 0 Å². The molecule has 4 aromatic carbocycles. The Bertz CT molecular complexity index is 1890. The van der Waals surface area contributed by atoms with Crippen LogP contribution in [0.1, 0.15) is 79.2 Å². The molecule has 242 valence electrons. The largest absolute Gasteiger partial charge is 0.147 e. The normalized spacial score (nSPS) is 18.8. The van der Waals surface area contributed by atoms with E-state index >= 15 is 0 Å². The molecule has 6 heteroatoms. The Kier molecular flexibility index (Phi) is 12.8. The molecule has 1 fully saturated rings. The van der Waals surface area contributed by atoms with Crippen molar-refractivity contribution >= 4 is 67.2 Å². The van der Waals surface area contributed by atoms with Crippen LogP contribution < -0.4 is 0 Å². The van der Waals surface area contributed by atoms with E-state index in [1.165, 1.54) is 70.2 Å². The molecular weight excluding hydrogens is 829 g/mol. The van der Waals surface area contributed by atoms with Gasteiger partial charge in [0.05, 0.1) is 0 Å². The summed E-state index contributed by atoms with van der Waals surface area (Å²) >= 11 is -1.58. The monoisotopic (exact) mass is 862 g/mol. The van der Waals surface area contributed by atoms with Crippen molar-refractivity contribution in [1.29, 1.82) is 0 Å². The van der Waals surface area contributed by atoms with Crippen LogP contribution in [0.4, 0.5) is 0 Å². The summed E-state index contributed by atoms with van der Waals surface area (Å²) in [5, 5.41) is 0. The maximum atomic E-state index is 2.45. The molecule has 0 amide bonds. The second-order valence-electron chi connectivity index (χ2n) is 12.7. The molecule has 2 unspecified atom stereocenters. The SMILES string of the molecule is C1=CCC(c2cccc3c2[CH]([Zr]=[C]2CC[C](=[Zr][CH]4c5ccccc5-c5cccc(C6=CC=CC6)c54)CC2)c2ccccc2-3)=C1.Cl.Cl.Cl.Cl. The van der Waals surface area contributed by atoms with Gasteiger partial charge in [0.1, 0.15) is 0 Å². The quantitative estimate of drug-likeness (QED) is 0.192. The van der Waals surface area contributed by atoms with Gasteiger partial charge in [-0.05, 0) is 0 Å². The van der Waals surface area contributed by atoms with Gasteiger partial charge in [0.2, 0.25) is 0 Å². The third-order valence-corrected chi connectivity index (χ3v) is 19.1.